The minimum absolute atomic E-state index is 0.0829. The van der Waals surface area contributed by atoms with Gasteiger partial charge in [0.1, 0.15) is 17.0 Å². The lowest BCUT2D eigenvalue weighted by molar-refractivity contribution is 0.0746. The number of H-pyrrole nitrogens is 1. The first-order valence-corrected chi connectivity index (χ1v) is 13.0. The summed E-state index contributed by atoms with van der Waals surface area (Å²) >= 11 is 3.29. The second-order valence-corrected chi connectivity index (χ2v) is 10.0. The van der Waals surface area contributed by atoms with Crippen molar-refractivity contribution in [3.05, 3.63) is 77.4 Å². The molecule has 6 rings (SSSR count). The second-order valence-electron chi connectivity index (χ2n) is 8.16. The van der Waals surface area contributed by atoms with Gasteiger partial charge in [-0.1, -0.05) is 36.0 Å². The molecule has 7 nitrogen and oxygen atoms in total. The molecule has 0 aliphatic carbocycles. The van der Waals surface area contributed by atoms with E-state index in [1.165, 1.54) is 0 Å². The van der Waals surface area contributed by atoms with Crippen LogP contribution in [0.15, 0.2) is 71.5 Å². The fourth-order valence-electron chi connectivity index (χ4n) is 4.23. The summed E-state index contributed by atoms with van der Waals surface area (Å²) in [4.78, 5) is 35.0. The third-order valence-corrected chi connectivity index (χ3v) is 7.82. The Bertz CT molecular complexity index is 1420. The van der Waals surface area contributed by atoms with Crippen LogP contribution in [0.1, 0.15) is 15.9 Å². The number of benzene rings is 2. The molecule has 1 amide bonds. The third kappa shape index (κ3) is 4.12. The van der Waals surface area contributed by atoms with Gasteiger partial charge in [-0.25, -0.2) is 15.0 Å². The maximum Gasteiger partial charge on any atom is 0.253 e. The number of aromatic amines is 1. The molecule has 1 fully saturated rings. The van der Waals surface area contributed by atoms with Gasteiger partial charge in [-0.3, -0.25) is 4.79 Å². The van der Waals surface area contributed by atoms with Crippen LogP contribution < -0.4 is 4.90 Å². The molecule has 3 aromatic heterocycles. The van der Waals surface area contributed by atoms with Crippen LogP contribution in [0.4, 0.5) is 5.82 Å². The number of carbonyl (C=O) groups is 1. The van der Waals surface area contributed by atoms with Crippen LogP contribution in [0.5, 0.6) is 0 Å². The molecule has 34 heavy (non-hydrogen) atoms. The SMILES string of the molecule is O=C(c1ccc(CSc2nc3ccccc3[nH]2)cc1)N1CCN(c2ncnc3sccc23)CC1. The van der Waals surface area contributed by atoms with E-state index in [1.54, 1.807) is 29.4 Å². The summed E-state index contributed by atoms with van der Waals surface area (Å²) < 4.78 is 0. The van der Waals surface area contributed by atoms with Gasteiger partial charge in [0, 0.05) is 37.5 Å². The van der Waals surface area contributed by atoms with E-state index in [9.17, 15) is 4.79 Å². The number of amides is 1. The van der Waals surface area contributed by atoms with Crippen molar-refractivity contribution in [3.8, 4) is 0 Å². The standard InChI is InChI=1S/C25H22N6OS2/c32-24(31-12-10-30(11-13-31)22-19-9-14-33-23(19)27-16-26-22)18-7-5-17(6-8-18)15-34-25-28-20-3-1-2-4-21(20)29-25/h1-9,14,16H,10-13,15H2,(H,28,29). The summed E-state index contributed by atoms with van der Waals surface area (Å²) in [5.41, 5.74) is 3.92. The molecule has 4 heterocycles. The monoisotopic (exact) mass is 486 g/mol. The van der Waals surface area contributed by atoms with Crippen molar-refractivity contribution in [1.82, 2.24) is 24.8 Å². The highest BCUT2D eigenvalue weighted by Gasteiger charge is 2.24. The van der Waals surface area contributed by atoms with Crippen LogP contribution >= 0.6 is 23.1 Å². The van der Waals surface area contributed by atoms with Crippen LogP contribution in [-0.2, 0) is 5.75 Å². The lowest BCUT2D eigenvalue weighted by atomic mass is 10.1. The van der Waals surface area contributed by atoms with Crippen molar-refractivity contribution in [3.63, 3.8) is 0 Å². The summed E-state index contributed by atoms with van der Waals surface area (Å²) in [6.07, 6.45) is 1.62. The fraction of sp³-hybridized carbons (Fsp3) is 0.200. The Balaban J connectivity index is 1.06. The molecule has 1 N–H and O–H groups in total. The zero-order valence-electron chi connectivity index (χ0n) is 18.3. The lowest BCUT2D eigenvalue weighted by Crippen LogP contribution is -2.49. The summed E-state index contributed by atoms with van der Waals surface area (Å²) in [6, 6.07) is 18.0. The Kier molecular flexibility index (Phi) is 5.64. The van der Waals surface area contributed by atoms with E-state index in [4.69, 9.17) is 0 Å². The van der Waals surface area contributed by atoms with Crippen molar-refractivity contribution < 1.29 is 4.79 Å². The van der Waals surface area contributed by atoms with Gasteiger partial charge in [0.05, 0.1) is 16.4 Å². The van der Waals surface area contributed by atoms with Crippen LogP contribution in [0.3, 0.4) is 0 Å². The molecule has 0 radical (unpaired) electrons. The topological polar surface area (TPSA) is 78.0 Å². The van der Waals surface area contributed by atoms with Gasteiger partial charge in [-0.15, -0.1) is 11.3 Å². The maximum absolute atomic E-state index is 13.1. The first-order valence-electron chi connectivity index (χ1n) is 11.1. The number of anilines is 1. The molecule has 9 heteroatoms. The molecular formula is C25H22N6OS2. The molecule has 1 saturated heterocycles. The minimum Gasteiger partial charge on any atom is -0.352 e. The number of hydrogen-bond donors (Lipinski definition) is 1. The number of imidazole rings is 1. The van der Waals surface area contributed by atoms with Crippen molar-refractivity contribution in [2.45, 2.75) is 10.9 Å². The number of nitrogens with one attached hydrogen (secondary N) is 1. The average Bonchev–Trinajstić information content (AvgIpc) is 3.54. The molecule has 0 unspecified atom stereocenters. The Morgan fingerprint density at radius 1 is 1.00 bits per heavy atom. The number of carbonyl (C=O) groups excluding carboxylic acids is 1. The predicted octanol–water partition coefficient (Wildman–Crippen LogP) is 4.82. The van der Waals surface area contributed by atoms with E-state index in [0.29, 0.717) is 13.1 Å². The normalized spacial score (nSPS) is 14.2. The highest BCUT2D eigenvalue weighted by atomic mass is 32.2. The van der Waals surface area contributed by atoms with Crippen LogP contribution in [0.25, 0.3) is 21.3 Å². The number of para-hydroxylation sites is 2. The number of thiophene rings is 1. The number of hydrogen-bond acceptors (Lipinski definition) is 7. The molecule has 1 aliphatic rings. The molecular weight excluding hydrogens is 464 g/mol. The zero-order chi connectivity index (χ0) is 22.9. The molecule has 0 spiro atoms. The molecule has 170 valence electrons. The zero-order valence-corrected chi connectivity index (χ0v) is 20.0. The molecule has 5 aromatic rings. The van der Waals surface area contributed by atoms with Gasteiger partial charge < -0.3 is 14.8 Å². The highest BCUT2D eigenvalue weighted by molar-refractivity contribution is 7.98. The number of nitrogens with zero attached hydrogens (tertiary/aromatic N) is 5. The van der Waals surface area contributed by atoms with Crippen molar-refractivity contribution in [2.75, 3.05) is 31.1 Å². The van der Waals surface area contributed by atoms with E-state index in [2.05, 4.69) is 30.9 Å². The van der Waals surface area contributed by atoms with Crippen molar-refractivity contribution in [1.29, 1.82) is 0 Å². The third-order valence-electron chi connectivity index (χ3n) is 6.05. The highest BCUT2D eigenvalue weighted by Crippen LogP contribution is 2.28. The largest absolute Gasteiger partial charge is 0.352 e. The fourth-order valence-corrected chi connectivity index (χ4v) is 5.79. The molecule has 1 aliphatic heterocycles. The van der Waals surface area contributed by atoms with Gasteiger partial charge in [0.2, 0.25) is 0 Å². The number of rotatable bonds is 5. The number of piperazine rings is 1. The predicted molar refractivity (Wildman–Crippen MR) is 138 cm³/mol. The molecule has 0 atom stereocenters. The minimum atomic E-state index is 0.0829. The van der Waals surface area contributed by atoms with Crippen molar-refractivity contribution >= 4 is 56.1 Å². The molecule has 0 bridgehead atoms. The Morgan fingerprint density at radius 3 is 2.65 bits per heavy atom. The Labute approximate surface area is 204 Å². The lowest BCUT2D eigenvalue weighted by Gasteiger charge is -2.35. The van der Waals surface area contributed by atoms with E-state index in [1.807, 2.05) is 58.8 Å². The number of aromatic nitrogens is 4. The maximum atomic E-state index is 13.1. The smallest absolute Gasteiger partial charge is 0.253 e. The van der Waals surface area contributed by atoms with E-state index >= 15 is 0 Å². The summed E-state index contributed by atoms with van der Waals surface area (Å²) in [5, 5.41) is 4.03. The van der Waals surface area contributed by atoms with Crippen LogP contribution in [-0.4, -0.2) is 56.9 Å². The summed E-state index contributed by atoms with van der Waals surface area (Å²) in [7, 11) is 0. The van der Waals surface area contributed by atoms with Gasteiger partial charge >= 0.3 is 0 Å². The molecule has 2 aromatic carbocycles. The average molecular weight is 487 g/mol. The van der Waals surface area contributed by atoms with E-state index in [-0.39, 0.29) is 5.91 Å². The quantitative estimate of drug-likeness (QED) is 0.359. The first-order chi connectivity index (χ1) is 16.7. The first kappa shape index (κ1) is 21.1. The summed E-state index contributed by atoms with van der Waals surface area (Å²) in [6.45, 7) is 2.89. The molecule has 0 saturated carbocycles. The Morgan fingerprint density at radius 2 is 1.82 bits per heavy atom. The van der Waals surface area contributed by atoms with Crippen LogP contribution in [0, 0.1) is 0 Å². The van der Waals surface area contributed by atoms with E-state index in [0.717, 1.165) is 62.2 Å². The Hall–Kier alpha value is -3.43. The second kappa shape index (κ2) is 9.08. The van der Waals surface area contributed by atoms with Gasteiger partial charge in [0.15, 0.2) is 5.16 Å². The van der Waals surface area contributed by atoms with Gasteiger partial charge in [-0.05, 0) is 41.3 Å². The van der Waals surface area contributed by atoms with Gasteiger partial charge in [0.25, 0.3) is 5.91 Å². The van der Waals surface area contributed by atoms with Crippen molar-refractivity contribution in [2.24, 2.45) is 0 Å². The number of thioether (sulfide) groups is 1. The van der Waals surface area contributed by atoms with E-state index < -0.39 is 0 Å². The van der Waals surface area contributed by atoms with Crippen LogP contribution in [0.2, 0.25) is 0 Å². The summed E-state index contributed by atoms with van der Waals surface area (Å²) in [5.74, 6) is 1.84. The number of fused-ring (bicyclic) bond motifs is 2. The van der Waals surface area contributed by atoms with Gasteiger partial charge in [-0.2, -0.15) is 0 Å².